The normalized spacial score (nSPS) is 10.2. The number of aromatic nitrogens is 2. The van der Waals surface area contributed by atoms with Crippen LogP contribution < -0.4 is 9.64 Å². The molecule has 1 aromatic heterocycles. The molecule has 0 saturated carbocycles. The number of aromatic carboxylic acids is 1. The van der Waals surface area contributed by atoms with E-state index < -0.39 is 5.97 Å². The summed E-state index contributed by atoms with van der Waals surface area (Å²) in [5.74, 6) is 0.521. The van der Waals surface area contributed by atoms with Gasteiger partial charge in [-0.25, -0.2) is 14.8 Å². The summed E-state index contributed by atoms with van der Waals surface area (Å²) in [5.41, 5.74) is 0.678. The second-order valence-electron chi connectivity index (χ2n) is 4.60. The van der Waals surface area contributed by atoms with Gasteiger partial charge in [-0.2, -0.15) is 0 Å². The number of carboxylic acid groups (broad SMARTS) is 1. The van der Waals surface area contributed by atoms with Gasteiger partial charge in [-0.3, -0.25) is 0 Å². The summed E-state index contributed by atoms with van der Waals surface area (Å²) < 4.78 is 5.44. The number of ether oxygens (including phenoxy) is 1. The van der Waals surface area contributed by atoms with E-state index in [1.54, 1.807) is 25.1 Å². The Morgan fingerprint density at radius 1 is 1.29 bits per heavy atom. The Morgan fingerprint density at radius 3 is 2.67 bits per heavy atom. The first kappa shape index (κ1) is 14.8. The molecule has 0 aliphatic heterocycles. The summed E-state index contributed by atoms with van der Waals surface area (Å²) >= 11 is 0. The fourth-order valence-electron chi connectivity index (χ4n) is 1.79. The molecule has 0 aliphatic rings. The van der Waals surface area contributed by atoms with Gasteiger partial charge < -0.3 is 14.7 Å². The molecule has 0 unspecified atom stereocenters. The molecular formula is C15H17N3O3. The number of hydrogen-bond donors (Lipinski definition) is 1. The van der Waals surface area contributed by atoms with Crippen LogP contribution in [0.2, 0.25) is 0 Å². The number of carbonyl (C=O) groups is 1. The molecule has 0 fully saturated rings. The third-order valence-electron chi connectivity index (χ3n) is 2.79. The zero-order valence-electron chi connectivity index (χ0n) is 12.2. The average Bonchev–Trinajstić information content (AvgIpc) is 2.47. The smallest absolute Gasteiger partial charge is 0.354 e. The van der Waals surface area contributed by atoms with Crippen molar-refractivity contribution < 1.29 is 14.6 Å². The van der Waals surface area contributed by atoms with E-state index in [1.807, 2.05) is 25.1 Å². The Hall–Kier alpha value is -2.63. The molecule has 0 saturated heterocycles. The lowest BCUT2D eigenvalue weighted by Crippen LogP contribution is -2.14. The highest BCUT2D eigenvalue weighted by Crippen LogP contribution is 2.23. The highest BCUT2D eigenvalue weighted by atomic mass is 16.5. The van der Waals surface area contributed by atoms with E-state index in [4.69, 9.17) is 9.84 Å². The second kappa shape index (κ2) is 6.21. The van der Waals surface area contributed by atoms with Crippen molar-refractivity contribution in [2.75, 3.05) is 25.6 Å². The largest absolute Gasteiger partial charge is 0.494 e. The number of benzene rings is 1. The number of nitrogens with zero attached hydrogens (tertiary/aromatic N) is 3. The summed E-state index contributed by atoms with van der Waals surface area (Å²) in [6.07, 6.45) is 0. The van der Waals surface area contributed by atoms with Crippen LogP contribution in [0.3, 0.4) is 0 Å². The first-order valence-electron chi connectivity index (χ1n) is 6.54. The zero-order valence-corrected chi connectivity index (χ0v) is 12.2. The van der Waals surface area contributed by atoms with E-state index in [-0.39, 0.29) is 5.69 Å². The van der Waals surface area contributed by atoms with Gasteiger partial charge in [0.2, 0.25) is 0 Å². The Bertz CT molecular complexity index is 656. The summed E-state index contributed by atoms with van der Waals surface area (Å²) in [5, 5.41) is 9.17. The number of carboxylic acids is 1. The molecule has 6 nitrogen and oxygen atoms in total. The highest BCUT2D eigenvalue weighted by molar-refractivity contribution is 5.87. The van der Waals surface area contributed by atoms with Gasteiger partial charge in [-0.15, -0.1) is 0 Å². The summed E-state index contributed by atoms with van der Waals surface area (Å²) in [4.78, 5) is 21.4. The molecular weight excluding hydrogens is 270 g/mol. The predicted molar refractivity (Wildman–Crippen MR) is 79.9 cm³/mol. The standard InChI is InChI=1S/C15H17N3O3/c1-4-21-11-7-5-6-10(8-11)14-16-12(15(19)20)9-13(17-14)18(2)3/h5-9H,4H2,1-3H3,(H,19,20). The first-order chi connectivity index (χ1) is 10.0. The number of rotatable bonds is 5. The molecule has 0 radical (unpaired) electrons. The monoisotopic (exact) mass is 287 g/mol. The Labute approximate surface area is 123 Å². The van der Waals surface area contributed by atoms with Crippen molar-refractivity contribution in [3.05, 3.63) is 36.0 Å². The van der Waals surface area contributed by atoms with Gasteiger partial charge in [-0.05, 0) is 19.1 Å². The van der Waals surface area contributed by atoms with Crippen LogP contribution in [0.4, 0.5) is 5.82 Å². The van der Waals surface area contributed by atoms with E-state index in [0.29, 0.717) is 29.6 Å². The lowest BCUT2D eigenvalue weighted by molar-refractivity contribution is 0.0690. The van der Waals surface area contributed by atoms with Crippen LogP contribution in [0.25, 0.3) is 11.4 Å². The topological polar surface area (TPSA) is 75.6 Å². The van der Waals surface area contributed by atoms with Crippen molar-refractivity contribution in [3.63, 3.8) is 0 Å². The summed E-state index contributed by atoms with van der Waals surface area (Å²) in [6.45, 7) is 2.46. The van der Waals surface area contributed by atoms with Crippen LogP contribution in [-0.4, -0.2) is 41.7 Å². The molecule has 0 bridgehead atoms. The molecule has 1 aromatic carbocycles. The molecule has 0 amide bonds. The van der Waals surface area contributed by atoms with Gasteiger partial charge >= 0.3 is 5.97 Å². The molecule has 0 spiro atoms. The Kier molecular flexibility index (Phi) is 4.37. The third-order valence-corrected chi connectivity index (χ3v) is 2.79. The van der Waals surface area contributed by atoms with Gasteiger partial charge in [-0.1, -0.05) is 12.1 Å². The van der Waals surface area contributed by atoms with Crippen molar-refractivity contribution in [1.29, 1.82) is 0 Å². The van der Waals surface area contributed by atoms with Gasteiger partial charge in [0.05, 0.1) is 6.61 Å². The number of anilines is 1. The van der Waals surface area contributed by atoms with Crippen molar-refractivity contribution in [1.82, 2.24) is 9.97 Å². The molecule has 21 heavy (non-hydrogen) atoms. The quantitative estimate of drug-likeness (QED) is 0.909. The Morgan fingerprint density at radius 2 is 2.05 bits per heavy atom. The van der Waals surface area contributed by atoms with Gasteiger partial charge in [0.25, 0.3) is 0 Å². The van der Waals surface area contributed by atoms with Crippen molar-refractivity contribution in [3.8, 4) is 17.1 Å². The third kappa shape index (κ3) is 3.47. The lowest BCUT2D eigenvalue weighted by Gasteiger charge is -2.13. The summed E-state index contributed by atoms with van der Waals surface area (Å²) in [7, 11) is 3.60. The van der Waals surface area contributed by atoms with Crippen LogP contribution in [0, 0.1) is 0 Å². The van der Waals surface area contributed by atoms with Crippen LogP contribution >= 0.6 is 0 Å². The molecule has 6 heteroatoms. The average molecular weight is 287 g/mol. The van der Waals surface area contributed by atoms with E-state index >= 15 is 0 Å². The van der Waals surface area contributed by atoms with Crippen LogP contribution in [-0.2, 0) is 0 Å². The molecule has 110 valence electrons. The molecule has 2 rings (SSSR count). The molecule has 1 heterocycles. The zero-order chi connectivity index (χ0) is 15.4. The summed E-state index contributed by atoms with van der Waals surface area (Å²) in [6, 6.07) is 8.72. The fourth-order valence-corrected chi connectivity index (χ4v) is 1.79. The van der Waals surface area contributed by atoms with Gasteiger partial charge in [0.1, 0.15) is 11.6 Å². The lowest BCUT2D eigenvalue weighted by atomic mass is 10.2. The van der Waals surface area contributed by atoms with Crippen molar-refractivity contribution in [2.24, 2.45) is 0 Å². The first-order valence-corrected chi connectivity index (χ1v) is 6.54. The predicted octanol–water partition coefficient (Wildman–Crippen LogP) is 2.31. The van der Waals surface area contributed by atoms with Gasteiger partial charge in [0, 0.05) is 25.7 Å². The van der Waals surface area contributed by atoms with E-state index in [2.05, 4.69) is 9.97 Å². The van der Waals surface area contributed by atoms with Crippen LogP contribution in [0.1, 0.15) is 17.4 Å². The fraction of sp³-hybridized carbons (Fsp3) is 0.267. The maximum Gasteiger partial charge on any atom is 0.354 e. The van der Waals surface area contributed by atoms with E-state index in [0.717, 1.165) is 0 Å². The van der Waals surface area contributed by atoms with Crippen LogP contribution in [0.5, 0.6) is 5.75 Å². The second-order valence-corrected chi connectivity index (χ2v) is 4.60. The molecule has 0 atom stereocenters. The maximum absolute atomic E-state index is 11.2. The maximum atomic E-state index is 11.2. The number of hydrogen-bond acceptors (Lipinski definition) is 5. The van der Waals surface area contributed by atoms with Gasteiger partial charge in [0.15, 0.2) is 11.5 Å². The Balaban J connectivity index is 2.51. The highest BCUT2D eigenvalue weighted by Gasteiger charge is 2.13. The minimum absolute atomic E-state index is 0.0366. The molecule has 0 aliphatic carbocycles. The van der Waals surface area contributed by atoms with E-state index in [1.165, 1.54) is 6.07 Å². The van der Waals surface area contributed by atoms with Crippen molar-refractivity contribution >= 4 is 11.8 Å². The van der Waals surface area contributed by atoms with E-state index in [9.17, 15) is 4.79 Å². The van der Waals surface area contributed by atoms with Crippen LogP contribution in [0.15, 0.2) is 30.3 Å². The molecule has 2 aromatic rings. The molecule has 1 N–H and O–H groups in total. The minimum Gasteiger partial charge on any atom is -0.494 e. The SMILES string of the molecule is CCOc1cccc(-c2nc(C(=O)O)cc(N(C)C)n2)c1. The van der Waals surface area contributed by atoms with Crippen molar-refractivity contribution in [2.45, 2.75) is 6.92 Å². The minimum atomic E-state index is -1.08.